The number of aromatic nitrogens is 3. The Bertz CT molecular complexity index is 700. The Morgan fingerprint density at radius 3 is 2.50 bits per heavy atom. The number of ether oxygens (including phenoxy) is 1. The summed E-state index contributed by atoms with van der Waals surface area (Å²) in [5.41, 5.74) is 5.69. The molecular formula is C19H33N7O2. The summed E-state index contributed by atoms with van der Waals surface area (Å²) in [7, 11) is 0. The minimum absolute atomic E-state index is 0.268. The third-order valence-electron chi connectivity index (χ3n) is 5.05. The molecule has 0 aliphatic carbocycles. The maximum atomic E-state index is 12.1. The van der Waals surface area contributed by atoms with E-state index in [1.54, 1.807) is 4.90 Å². The van der Waals surface area contributed by atoms with Crippen molar-refractivity contribution in [3.63, 3.8) is 0 Å². The fraction of sp³-hybridized carbons (Fsp3) is 0.789. The quantitative estimate of drug-likeness (QED) is 0.617. The highest BCUT2D eigenvalue weighted by molar-refractivity contribution is 5.78. The summed E-state index contributed by atoms with van der Waals surface area (Å²) >= 11 is 0. The van der Waals surface area contributed by atoms with E-state index in [0.29, 0.717) is 38.7 Å². The molecule has 28 heavy (non-hydrogen) atoms. The number of hydrogen-bond acceptors (Lipinski definition) is 5. The van der Waals surface area contributed by atoms with E-state index in [4.69, 9.17) is 10.5 Å². The number of nitrogens with zero attached hydrogens (tertiary/aromatic N) is 6. The molecule has 2 N–H and O–H groups in total. The first kappa shape index (κ1) is 20.4. The van der Waals surface area contributed by atoms with Crippen LogP contribution in [0.2, 0.25) is 0 Å². The third-order valence-corrected chi connectivity index (χ3v) is 5.05. The second-order valence-electron chi connectivity index (χ2n) is 8.44. The fourth-order valence-electron chi connectivity index (χ4n) is 3.55. The molecule has 0 aromatic carbocycles. The highest BCUT2D eigenvalue weighted by atomic mass is 16.6. The van der Waals surface area contributed by atoms with Crippen molar-refractivity contribution < 1.29 is 9.53 Å². The molecule has 1 saturated heterocycles. The molecule has 9 nitrogen and oxygen atoms in total. The molecule has 0 atom stereocenters. The van der Waals surface area contributed by atoms with Crippen LogP contribution in [0.1, 0.15) is 51.7 Å². The molecule has 9 heteroatoms. The maximum absolute atomic E-state index is 12.1. The van der Waals surface area contributed by atoms with Crippen molar-refractivity contribution in [3.05, 3.63) is 11.6 Å². The van der Waals surface area contributed by atoms with Crippen LogP contribution in [0.4, 0.5) is 4.79 Å². The molecule has 1 aromatic rings. The Kier molecular flexibility index (Phi) is 6.41. The number of guanidine groups is 1. The monoisotopic (exact) mass is 391 g/mol. The van der Waals surface area contributed by atoms with Gasteiger partial charge in [-0.1, -0.05) is 6.42 Å². The highest BCUT2D eigenvalue weighted by Gasteiger charge is 2.26. The minimum Gasteiger partial charge on any atom is -0.444 e. The molecule has 2 aliphatic rings. The van der Waals surface area contributed by atoms with Gasteiger partial charge < -0.3 is 24.8 Å². The molecule has 3 heterocycles. The van der Waals surface area contributed by atoms with Crippen LogP contribution in [0.5, 0.6) is 0 Å². The van der Waals surface area contributed by atoms with E-state index in [9.17, 15) is 4.79 Å². The van der Waals surface area contributed by atoms with Gasteiger partial charge in [-0.3, -0.25) is 4.99 Å². The van der Waals surface area contributed by atoms with E-state index in [2.05, 4.69) is 19.8 Å². The second kappa shape index (κ2) is 8.79. The lowest BCUT2D eigenvalue weighted by Gasteiger charge is -2.36. The van der Waals surface area contributed by atoms with Gasteiger partial charge in [-0.15, -0.1) is 10.2 Å². The van der Waals surface area contributed by atoms with Crippen LogP contribution < -0.4 is 5.73 Å². The van der Waals surface area contributed by atoms with Gasteiger partial charge in [-0.25, -0.2) is 4.79 Å². The molecule has 1 amide bonds. The van der Waals surface area contributed by atoms with Crippen molar-refractivity contribution in [1.29, 1.82) is 0 Å². The van der Waals surface area contributed by atoms with E-state index >= 15 is 0 Å². The molecule has 1 aromatic heterocycles. The van der Waals surface area contributed by atoms with Gasteiger partial charge in [0.25, 0.3) is 0 Å². The van der Waals surface area contributed by atoms with E-state index in [1.165, 1.54) is 19.3 Å². The summed E-state index contributed by atoms with van der Waals surface area (Å²) in [6.45, 7) is 9.72. The van der Waals surface area contributed by atoms with Crippen LogP contribution >= 0.6 is 0 Å². The van der Waals surface area contributed by atoms with Crippen LogP contribution in [-0.4, -0.2) is 74.9 Å². The molecule has 0 radical (unpaired) electrons. The number of rotatable bonds is 3. The number of nitrogens with two attached hydrogens (primary N) is 1. The van der Waals surface area contributed by atoms with Crippen LogP contribution in [0.3, 0.4) is 0 Å². The molecular weight excluding hydrogens is 358 g/mol. The summed E-state index contributed by atoms with van der Waals surface area (Å²) in [5, 5.41) is 8.67. The zero-order valence-corrected chi connectivity index (χ0v) is 17.4. The highest BCUT2D eigenvalue weighted by Crippen LogP contribution is 2.15. The predicted molar refractivity (Wildman–Crippen MR) is 107 cm³/mol. The van der Waals surface area contributed by atoms with Crippen LogP contribution in [-0.2, 0) is 24.1 Å². The number of hydrogen-bond donors (Lipinski definition) is 1. The number of carbonyl (C=O) groups excluding carboxylic acids is 1. The number of amides is 1. The summed E-state index contributed by atoms with van der Waals surface area (Å²) in [5.74, 6) is 2.63. The van der Waals surface area contributed by atoms with Gasteiger partial charge in [-0.05, 0) is 33.6 Å². The van der Waals surface area contributed by atoms with Gasteiger partial charge in [0, 0.05) is 52.1 Å². The van der Waals surface area contributed by atoms with E-state index in [0.717, 1.165) is 31.0 Å². The molecule has 2 aliphatic heterocycles. The Hall–Kier alpha value is -2.32. The molecule has 0 unspecified atom stereocenters. The van der Waals surface area contributed by atoms with Crippen molar-refractivity contribution >= 4 is 12.1 Å². The third kappa shape index (κ3) is 5.36. The molecule has 156 valence electrons. The van der Waals surface area contributed by atoms with Crippen molar-refractivity contribution in [2.45, 2.75) is 65.0 Å². The standard InChI is InChI=1S/C19H33N7O2/c1-19(2,3)28-18(27)25-13-11-24(12-14-25)17(20)21-9-8-16-23-22-15-7-5-4-6-10-26(15)16/h4-14H2,1-3H3,(H2,20,21). The lowest BCUT2D eigenvalue weighted by molar-refractivity contribution is 0.0186. The summed E-state index contributed by atoms with van der Waals surface area (Å²) in [4.78, 5) is 20.4. The normalized spacial score (nSPS) is 18.6. The largest absolute Gasteiger partial charge is 0.444 e. The zero-order chi connectivity index (χ0) is 20.1. The van der Waals surface area contributed by atoms with Gasteiger partial charge in [0.15, 0.2) is 5.96 Å². The van der Waals surface area contributed by atoms with Crippen LogP contribution in [0.25, 0.3) is 0 Å². The Balaban J connectivity index is 1.46. The average Bonchev–Trinajstić information content (AvgIpc) is 2.87. The average molecular weight is 392 g/mol. The summed E-state index contributed by atoms with van der Waals surface area (Å²) in [6.07, 6.45) is 5.12. The van der Waals surface area contributed by atoms with Gasteiger partial charge in [0.1, 0.15) is 17.2 Å². The smallest absolute Gasteiger partial charge is 0.410 e. The fourth-order valence-corrected chi connectivity index (χ4v) is 3.55. The van der Waals surface area contributed by atoms with E-state index in [-0.39, 0.29) is 6.09 Å². The van der Waals surface area contributed by atoms with Crippen molar-refractivity contribution in [1.82, 2.24) is 24.6 Å². The van der Waals surface area contributed by atoms with Crippen molar-refractivity contribution in [2.75, 3.05) is 32.7 Å². The first-order valence-corrected chi connectivity index (χ1v) is 10.3. The van der Waals surface area contributed by atoms with Gasteiger partial charge in [0.05, 0.1) is 0 Å². The zero-order valence-electron chi connectivity index (χ0n) is 17.4. The minimum atomic E-state index is -0.478. The van der Waals surface area contributed by atoms with Crippen molar-refractivity contribution in [3.8, 4) is 0 Å². The Morgan fingerprint density at radius 2 is 1.79 bits per heavy atom. The molecule has 0 spiro atoms. The topological polar surface area (TPSA) is 102 Å². The SMILES string of the molecule is CC(C)(C)OC(=O)N1CCN(C(N)=NCCc2nnc3n2CCCCC3)CC1. The molecule has 1 fully saturated rings. The first-order chi connectivity index (χ1) is 13.3. The summed E-state index contributed by atoms with van der Waals surface area (Å²) in [6, 6.07) is 0. The Morgan fingerprint density at radius 1 is 1.07 bits per heavy atom. The Labute approximate surface area is 166 Å². The van der Waals surface area contributed by atoms with Gasteiger partial charge in [-0.2, -0.15) is 0 Å². The number of carbonyl (C=O) groups is 1. The van der Waals surface area contributed by atoms with Crippen molar-refractivity contribution in [2.24, 2.45) is 10.7 Å². The molecule has 0 saturated carbocycles. The van der Waals surface area contributed by atoms with Gasteiger partial charge in [0.2, 0.25) is 0 Å². The predicted octanol–water partition coefficient (Wildman–Crippen LogP) is 1.41. The number of piperazine rings is 1. The second-order valence-corrected chi connectivity index (χ2v) is 8.44. The lowest BCUT2D eigenvalue weighted by Crippen LogP contribution is -2.53. The van der Waals surface area contributed by atoms with E-state index in [1.807, 2.05) is 25.7 Å². The van der Waals surface area contributed by atoms with Gasteiger partial charge >= 0.3 is 6.09 Å². The molecule has 3 rings (SSSR count). The molecule has 0 bridgehead atoms. The number of fused-ring (bicyclic) bond motifs is 1. The summed E-state index contributed by atoms with van der Waals surface area (Å²) < 4.78 is 7.67. The van der Waals surface area contributed by atoms with Crippen LogP contribution in [0.15, 0.2) is 4.99 Å². The first-order valence-electron chi connectivity index (χ1n) is 10.3. The lowest BCUT2D eigenvalue weighted by atomic mass is 10.2. The van der Waals surface area contributed by atoms with Crippen LogP contribution in [0, 0.1) is 0 Å². The number of aliphatic imine (C=N–C) groups is 1. The maximum Gasteiger partial charge on any atom is 0.410 e. The van der Waals surface area contributed by atoms with E-state index < -0.39 is 5.60 Å². The number of aryl methyl sites for hydroxylation is 1.